The van der Waals surface area contributed by atoms with E-state index in [1.807, 2.05) is 36.5 Å². The number of carbonyl (C=O) groups is 3. The number of carbonyl (C=O) groups excluding carboxylic acids is 2. The van der Waals surface area contributed by atoms with Gasteiger partial charge in [0.25, 0.3) is 5.91 Å². The number of aliphatic imine (C=N–C) groups is 1. The van der Waals surface area contributed by atoms with Crippen LogP contribution >= 0.6 is 11.8 Å². The molecule has 0 aliphatic rings. The lowest BCUT2D eigenvalue weighted by atomic mass is 10.1. The van der Waals surface area contributed by atoms with Gasteiger partial charge in [-0.1, -0.05) is 66.4 Å². The van der Waals surface area contributed by atoms with Gasteiger partial charge in [0, 0.05) is 29.0 Å². The molecule has 4 aromatic rings. The topological polar surface area (TPSA) is 182 Å². The molecule has 13 nitrogen and oxygen atoms in total. The van der Waals surface area contributed by atoms with E-state index in [1.54, 1.807) is 79.1 Å². The van der Waals surface area contributed by atoms with Crippen LogP contribution in [0, 0.1) is 18.0 Å². The summed E-state index contributed by atoms with van der Waals surface area (Å²) in [5.74, 6) is -1.27. The van der Waals surface area contributed by atoms with Crippen molar-refractivity contribution < 1.29 is 24.2 Å². The van der Waals surface area contributed by atoms with Crippen molar-refractivity contribution in [1.29, 1.82) is 5.26 Å². The number of carboxylic acids is 1. The number of guanidine groups is 1. The molecule has 0 heterocycles. The number of aliphatic carboxylic acids is 1. The highest BCUT2D eigenvalue weighted by molar-refractivity contribution is 8.13. The zero-order chi connectivity index (χ0) is 36.1. The molecule has 0 aliphatic carbocycles. The van der Waals surface area contributed by atoms with Gasteiger partial charge in [0.15, 0.2) is 6.19 Å². The average Bonchev–Trinajstić information content (AvgIpc) is 3.14. The Morgan fingerprint density at radius 2 is 1.52 bits per heavy atom. The summed E-state index contributed by atoms with van der Waals surface area (Å²) in [7, 11) is 1.33. The van der Waals surface area contributed by atoms with Gasteiger partial charge in [-0.25, -0.2) is 9.79 Å². The van der Waals surface area contributed by atoms with E-state index >= 15 is 0 Å². The first kappa shape index (κ1) is 37.8. The van der Waals surface area contributed by atoms with Crippen molar-refractivity contribution in [1.82, 2.24) is 5.32 Å². The number of amides is 1. The molecular weight excluding hydrogens is 657 g/mol. The molecule has 4 aromatic carbocycles. The fourth-order valence-electron chi connectivity index (χ4n) is 4.13. The number of benzene rings is 4. The zero-order valence-corrected chi connectivity index (χ0v) is 28.0. The predicted octanol–water partition coefficient (Wildman–Crippen LogP) is 6.43. The lowest BCUT2D eigenvalue weighted by molar-refractivity contribution is -0.136. The second-order valence-electron chi connectivity index (χ2n) is 10.0. The minimum Gasteiger partial charge on any atom is -0.481 e. The van der Waals surface area contributed by atoms with E-state index in [9.17, 15) is 14.4 Å². The lowest BCUT2D eigenvalue weighted by Gasteiger charge is -2.10. The number of hydrogen-bond donors (Lipinski definition) is 5. The van der Waals surface area contributed by atoms with E-state index in [0.717, 1.165) is 11.1 Å². The molecule has 4 rings (SSSR count). The number of rotatable bonds is 10. The van der Waals surface area contributed by atoms with Crippen LogP contribution in [0.4, 0.5) is 17.1 Å². The molecule has 0 atom stereocenters. The van der Waals surface area contributed by atoms with Gasteiger partial charge >= 0.3 is 11.9 Å². The van der Waals surface area contributed by atoms with E-state index in [-0.39, 0.29) is 18.3 Å². The molecule has 254 valence electrons. The number of anilines is 3. The molecule has 0 aromatic heterocycles. The minimum atomic E-state index is -0.848. The molecule has 0 saturated heterocycles. The Labute approximate surface area is 293 Å². The second kappa shape index (κ2) is 20.6. The van der Waals surface area contributed by atoms with Crippen LogP contribution in [0.15, 0.2) is 113 Å². The van der Waals surface area contributed by atoms with Crippen LogP contribution in [0.5, 0.6) is 0 Å². The molecule has 1 amide bonds. The van der Waals surface area contributed by atoms with Gasteiger partial charge in [-0.2, -0.15) is 11.8 Å². The second-order valence-corrected chi connectivity index (χ2v) is 10.8. The van der Waals surface area contributed by atoms with Crippen LogP contribution in [0.3, 0.4) is 0 Å². The van der Waals surface area contributed by atoms with Gasteiger partial charge in [-0.3, -0.25) is 14.9 Å². The quantitative estimate of drug-likeness (QED) is 0.0236. The lowest BCUT2D eigenvalue weighted by Crippen LogP contribution is -2.27. The highest BCUT2D eigenvalue weighted by atomic mass is 32.2. The summed E-state index contributed by atoms with van der Waals surface area (Å²) in [5.41, 5.74) is 4.64. The summed E-state index contributed by atoms with van der Waals surface area (Å²) in [5, 5.41) is 33.2. The van der Waals surface area contributed by atoms with Gasteiger partial charge in [-0.15, -0.1) is 4.95 Å². The summed E-state index contributed by atoms with van der Waals surface area (Å²) < 4.78 is 4.62. The van der Waals surface area contributed by atoms with Crippen molar-refractivity contribution in [3.05, 3.63) is 137 Å². The van der Waals surface area contributed by atoms with Crippen molar-refractivity contribution in [2.24, 2.45) is 10.1 Å². The SMILES string of the molecule is N#CNC(=NCc1ccccc1)Nc1cccc(C(=O)Nc2ccc(CCC(=O)O)cc2)c1.[C-]#[N+]/N=C(/Nc1cccc(C(=O)OC)c1)SC. The molecule has 0 spiro atoms. The molecule has 50 heavy (non-hydrogen) atoms. The summed E-state index contributed by atoms with van der Waals surface area (Å²) >= 11 is 1.32. The van der Waals surface area contributed by atoms with Crippen molar-refractivity contribution >= 4 is 57.8 Å². The molecule has 5 N–H and O–H groups in total. The predicted molar refractivity (Wildman–Crippen MR) is 196 cm³/mol. The fraction of sp³-hybridized carbons (Fsp3) is 0.139. The van der Waals surface area contributed by atoms with Gasteiger partial charge in [0.2, 0.25) is 11.1 Å². The van der Waals surface area contributed by atoms with Crippen LogP contribution < -0.4 is 21.3 Å². The van der Waals surface area contributed by atoms with E-state index in [0.29, 0.717) is 46.3 Å². The average molecular weight is 691 g/mol. The third kappa shape index (κ3) is 13.2. The van der Waals surface area contributed by atoms with Gasteiger partial charge in [-0.05, 0) is 72.3 Å². The van der Waals surface area contributed by atoms with Crippen molar-refractivity contribution in [3.8, 4) is 6.19 Å². The fourth-order valence-corrected chi connectivity index (χ4v) is 4.47. The van der Waals surface area contributed by atoms with E-state index in [2.05, 4.69) is 41.1 Å². The van der Waals surface area contributed by atoms with Gasteiger partial charge in [0.05, 0.1) is 19.2 Å². The number of esters is 1. The highest BCUT2D eigenvalue weighted by Crippen LogP contribution is 2.16. The smallest absolute Gasteiger partial charge is 0.337 e. The highest BCUT2D eigenvalue weighted by Gasteiger charge is 2.10. The number of nitriles is 1. The maximum atomic E-state index is 12.7. The summed E-state index contributed by atoms with van der Waals surface area (Å²) in [4.78, 5) is 42.0. The van der Waals surface area contributed by atoms with E-state index in [1.165, 1.54) is 18.9 Å². The maximum Gasteiger partial charge on any atom is 0.337 e. The summed E-state index contributed by atoms with van der Waals surface area (Å²) in [6, 6.07) is 30.3. The number of methoxy groups -OCH3 is 1. The molecule has 14 heteroatoms. The van der Waals surface area contributed by atoms with Crippen LogP contribution in [0.2, 0.25) is 0 Å². The third-order valence-corrected chi connectivity index (χ3v) is 7.10. The van der Waals surface area contributed by atoms with E-state index < -0.39 is 11.9 Å². The Morgan fingerprint density at radius 3 is 2.14 bits per heavy atom. The Hall–Kier alpha value is -6.64. The van der Waals surface area contributed by atoms with Crippen molar-refractivity contribution in [2.45, 2.75) is 19.4 Å². The first-order valence-electron chi connectivity index (χ1n) is 14.9. The van der Waals surface area contributed by atoms with Crippen molar-refractivity contribution in [3.63, 3.8) is 0 Å². The first-order chi connectivity index (χ1) is 24.2. The Balaban J connectivity index is 0.000000335. The monoisotopic (exact) mass is 690 g/mol. The third-order valence-electron chi connectivity index (χ3n) is 6.53. The van der Waals surface area contributed by atoms with Crippen LogP contribution in [0.1, 0.15) is 38.3 Å². The molecular formula is C36H34N8O5S. The van der Waals surface area contributed by atoms with Crippen molar-refractivity contribution in [2.75, 3.05) is 29.3 Å². The molecule has 0 radical (unpaired) electrons. The summed E-state index contributed by atoms with van der Waals surface area (Å²) in [6.07, 6.45) is 4.16. The number of nitrogens with zero attached hydrogens (tertiary/aromatic N) is 4. The number of thioether (sulfide) groups is 1. The standard InChI is InChI=1S/C25H23N5O3.C11H11N3O2S/c26-17-28-25(27-16-19-5-2-1-3-6-19)30-22-8-4-7-20(15-22)24(33)29-21-12-9-18(10-13-21)11-14-23(31)32;1-12-14-11(17-3)13-9-6-4-5-8(7-9)10(15)16-2/h1-10,12-13,15H,11,14,16H2,(H,29,33)(H,31,32)(H2,27,28,30);4-7H,2-3H3,(H,13,14). The zero-order valence-electron chi connectivity index (χ0n) is 27.2. The number of nitrogens with one attached hydrogen (secondary N) is 4. The van der Waals surface area contributed by atoms with E-state index in [4.69, 9.17) is 16.9 Å². The summed E-state index contributed by atoms with van der Waals surface area (Å²) in [6.45, 7) is 7.04. The number of carboxylic acid groups (broad SMARTS) is 1. The Kier molecular flexibility index (Phi) is 15.6. The molecule has 0 bridgehead atoms. The Morgan fingerprint density at radius 1 is 0.860 bits per heavy atom. The molecule has 0 fully saturated rings. The van der Waals surface area contributed by atoms with Crippen LogP contribution in [-0.4, -0.2) is 47.4 Å². The van der Waals surface area contributed by atoms with Gasteiger partial charge < -0.3 is 25.8 Å². The van der Waals surface area contributed by atoms with Crippen LogP contribution in [0.25, 0.3) is 4.95 Å². The van der Waals surface area contributed by atoms with Gasteiger partial charge in [0.1, 0.15) is 5.10 Å². The number of amidine groups is 1. The number of aryl methyl sites for hydroxylation is 1. The Bertz CT molecular complexity index is 1900. The molecule has 0 saturated carbocycles. The largest absolute Gasteiger partial charge is 0.481 e. The molecule has 0 unspecified atom stereocenters. The first-order valence-corrected chi connectivity index (χ1v) is 16.1. The number of ether oxygens (including phenoxy) is 1. The maximum absolute atomic E-state index is 12.7. The molecule has 0 aliphatic heterocycles. The normalized spacial score (nSPS) is 10.6. The van der Waals surface area contributed by atoms with Crippen LogP contribution in [-0.2, 0) is 22.5 Å². The number of hydrogen-bond acceptors (Lipinski definition) is 8. The minimum absolute atomic E-state index is 0.0583.